The van der Waals surface area contributed by atoms with Gasteiger partial charge in [-0.1, -0.05) is 37.0 Å². The molecule has 3 fully saturated rings. The number of nitrogens with zero attached hydrogens (tertiary/aromatic N) is 4. The van der Waals surface area contributed by atoms with Gasteiger partial charge in [-0.15, -0.1) is 0 Å². The Bertz CT molecular complexity index is 1420. The second-order valence-corrected chi connectivity index (χ2v) is 13.3. The van der Waals surface area contributed by atoms with Crippen LogP contribution in [0, 0.1) is 6.92 Å². The number of rotatable bonds is 4. The number of carbonyl (C=O) groups excluding carboxylic acids is 1. The van der Waals surface area contributed by atoms with Gasteiger partial charge in [0, 0.05) is 18.8 Å². The van der Waals surface area contributed by atoms with Crippen LogP contribution in [0.4, 0.5) is 5.82 Å². The van der Waals surface area contributed by atoms with Gasteiger partial charge in [0.25, 0.3) is 11.5 Å². The maximum Gasteiger partial charge on any atom is 0.267 e. The van der Waals surface area contributed by atoms with Crippen LogP contribution >= 0.6 is 24.0 Å². The Morgan fingerprint density at radius 2 is 2.06 bits per heavy atom. The van der Waals surface area contributed by atoms with Crippen molar-refractivity contribution < 1.29 is 13.2 Å². The molecule has 2 aromatic rings. The number of hydrogen-bond acceptors (Lipinski definition) is 8. The number of amides is 1. The second-order valence-electron chi connectivity index (χ2n) is 9.40. The average molecular weight is 533 g/mol. The zero-order valence-electron chi connectivity index (χ0n) is 19.8. The second kappa shape index (κ2) is 9.33. The molecule has 8 nitrogen and oxygen atoms in total. The number of piperidine rings is 1. The summed E-state index contributed by atoms with van der Waals surface area (Å²) in [6.07, 6.45) is 7.81. The Kier molecular flexibility index (Phi) is 6.52. The summed E-state index contributed by atoms with van der Waals surface area (Å²) < 4.78 is 25.9. The number of aryl methyl sites for hydroxylation is 1. The number of thioether (sulfide) groups is 1. The normalized spacial score (nSPS) is 25.8. The minimum atomic E-state index is -3.17. The molecule has 2 unspecified atom stereocenters. The number of fused-ring (bicyclic) bond motifs is 1. The van der Waals surface area contributed by atoms with E-state index in [0.717, 1.165) is 49.6 Å². The Labute approximate surface area is 214 Å². The smallest absolute Gasteiger partial charge is 0.267 e. The predicted octanol–water partition coefficient (Wildman–Crippen LogP) is 3.16. The standard InChI is InChI=1S/C24H28N4O4S3/c1-3-16-8-4-5-10-26(16)21-18(22(29)27-11-6-7-15(2)20(27)25-21)13-19-23(30)28(24(33)34-19)17-9-12-35(31,32)14-17/h6-7,11,13,16-17H,3-5,8-10,12,14H2,1-2H3/b19-13-. The summed E-state index contributed by atoms with van der Waals surface area (Å²) in [5.74, 6) is 0.237. The lowest BCUT2D eigenvalue weighted by molar-refractivity contribution is -0.123. The first-order valence-corrected chi connectivity index (χ1v) is 15.0. The van der Waals surface area contributed by atoms with Gasteiger partial charge in [-0.3, -0.25) is 18.9 Å². The van der Waals surface area contributed by atoms with E-state index in [9.17, 15) is 18.0 Å². The third kappa shape index (κ3) is 4.42. The van der Waals surface area contributed by atoms with Crippen LogP contribution in [0.15, 0.2) is 28.0 Å². The molecule has 35 heavy (non-hydrogen) atoms. The highest BCUT2D eigenvalue weighted by molar-refractivity contribution is 8.26. The van der Waals surface area contributed by atoms with Crippen molar-refractivity contribution in [2.75, 3.05) is 23.0 Å². The van der Waals surface area contributed by atoms with Gasteiger partial charge in [0.05, 0.1) is 28.0 Å². The van der Waals surface area contributed by atoms with Crippen LogP contribution in [-0.4, -0.2) is 63.1 Å². The highest BCUT2D eigenvalue weighted by Gasteiger charge is 2.42. The Hall–Kier alpha value is -2.24. The molecule has 2 atom stereocenters. The number of anilines is 1. The fraction of sp³-hybridized carbons (Fsp3) is 0.500. The Morgan fingerprint density at radius 3 is 2.77 bits per heavy atom. The van der Waals surface area contributed by atoms with E-state index in [0.29, 0.717) is 32.7 Å². The summed E-state index contributed by atoms with van der Waals surface area (Å²) in [7, 11) is -3.17. The molecule has 0 N–H and O–H groups in total. The number of thiocarbonyl (C=S) groups is 1. The predicted molar refractivity (Wildman–Crippen MR) is 144 cm³/mol. The van der Waals surface area contributed by atoms with Gasteiger partial charge in [-0.2, -0.15) is 0 Å². The van der Waals surface area contributed by atoms with Crippen LogP contribution < -0.4 is 10.5 Å². The van der Waals surface area contributed by atoms with Gasteiger partial charge < -0.3 is 4.90 Å². The topological polar surface area (TPSA) is 92.1 Å². The molecule has 3 aliphatic heterocycles. The lowest BCUT2D eigenvalue weighted by Crippen LogP contribution is -2.41. The first-order valence-electron chi connectivity index (χ1n) is 12.0. The van der Waals surface area contributed by atoms with Crippen LogP contribution in [0.3, 0.4) is 0 Å². The number of pyridine rings is 1. The molecule has 3 saturated heterocycles. The van der Waals surface area contributed by atoms with Gasteiger partial charge in [-0.05, 0) is 56.7 Å². The largest absolute Gasteiger partial charge is 0.353 e. The van der Waals surface area contributed by atoms with Crippen molar-refractivity contribution in [3.8, 4) is 0 Å². The average Bonchev–Trinajstić information content (AvgIpc) is 3.32. The number of aromatic nitrogens is 2. The maximum atomic E-state index is 13.7. The van der Waals surface area contributed by atoms with Crippen molar-refractivity contribution in [3.05, 3.63) is 44.7 Å². The summed E-state index contributed by atoms with van der Waals surface area (Å²) in [6, 6.07) is 3.56. The van der Waals surface area contributed by atoms with Crippen LogP contribution in [-0.2, 0) is 14.6 Å². The van der Waals surface area contributed by atoms with E-state index in [2.05, 4.69) is 11.8 Å². The number of hydrogen-bond donors (Lipinski definition) is 0. The molecule has 5 rings (SSSR count). The summed E-state index contributed by atoms with van der Waals surface area (Å²) in [4.78, 5) is 36.0. The molecule has 1 amide bonds. The SMILES string of the molecule is CCC1CCCCN1c1nc2c(C)cccn2c(=O)c1/C=C1\SC(=S)N(C2CCS(=O)(=O)C2)C1=O. The maximum absolute atomic E-state index is 13.7. The van der Waals surface area contributed by atoms with Gasteiger partial charge in [0.15, 0.2) is 9.84 Å². The third-order valence-electron chi connectivity index (χ3n) is 7.11. The summed E-state index contributed by atoms with van der Waals surface area (Å²) in [5, 5.41) is 0. The van der Waals surface area contributed by atoms with Crippen LogP contribution in [0.25, 0.3) is 11.7 Å². The molecule has 11 heteroatoms. The zero-order valence-corrected chi connectivity index (χ0v) is 22.2. The highest BCUT2D eigenvalue weighted by Crippen LogP contribution is 2.37. The molecule has 0 bridgehead atoms. The van der Waals surface area contributed by atoms with Crippen LogP contribution in [0.1, 0.15) is 50.2 Å². The van der Waals surface area contributed by atoms with E-state index >= 15 is 0 Å². The van der Waals surface area contributed by atoms with Crippen molar-refractivity contribution in [3.63, 3.8) is 0 Å². The molecule has 2 aromatic heterocycles. The van der Waals surface area contributed by atoms with Crippen molar-refractivity contribution in [1.82, 2.24) is 14.3 Å². The fourth-order valence-electron chi connectivity index (χ4n) is 5.25. The number of sulfone groups is 1. The summed E-state index contributed by atoms with van der Waals surface area (Å²) >= 11 is 6.59. The molecule has 5 heterocycles. The van der Waals surface area contributed by atoms with Crippen molar-refractivity contribution in [1.29, 1.82) is 0 Å². The van der Waals surface area contributed by atoms with Crippen molar-refractivity contribution in [2.24, 2.45) is 0 Å². The molecule has 0 radical (unpaired) electrons. The molecular weight excluding hydrogens is 504 g/mol. The minimum absolute atomic E-state index is 0.0561. The van der Waals surface area contributed by atoms with Gasteiger partial charge in [-0.25, -0.2) is 13.4 Å². The molecule has 0 spiro atoms. The van der Waals surface area contributed by atoms with Gasteiger partial charge in [0.1, 0.15) is 15.8 Å². The summed E-state index contributed by atoms with van der Waals surface area (Å²) in [6.45, 7) is 4.87. The lowest BCUT2D eigenvalue weighted by atomic mass is 9.99. The summed E-state index contributed by atoms with van der Waals surface area (Å²) in [5.41, 5.74) is 1.64. The molecular formula is C24H28N4O4S3. The Morgan fingerprint density at radius 1 is 1.26 bits per heavy atom. The van der Waals surface area contributed by atoms with Crippen LogP contribution in [0.5, 0.6) is 0 Å². The first kappa shape index (κ1) is 24.5. The van der Waals surface area contributed by atoms with E-state index in [1.54, 1.807) is 12.3 Å². The monoisotopic (exact) mass is 532 g/mol. The molecule has 0 saturated carbocycles. The molecule has 0 aliphatic carbocycles. The molecule has 3 aliphatic rings. The van der Waals surface area contributed by atoms with Gasteiger partial charge in [0.2, 0.25) is 0 Å². The zero-order chi connectivity index (χ0) is 24.9. The van der Waals surface area contributed by atoms with E-state index in [-0.39, 0.29) is 29.0 Å². The van der Waals surface area contributed by atoms with E-state index < -0.39 is 15.9 Å². The highest BCUT2D eigenvalue weighted by atomic mass is 32.2. The van der Waals surface area contributed by atoms with Crippen LogP contribution in [0.2, 0.25) is 0 Å². The van der Waals surface area contributed by atoms with E-state index in [4.69, 9.17) is 17.2 Å². The lowest BCUT2D eigenvalue weighted by Gasteiger charge is -2.37. The molecule has 0 aromatic carbocycles. The number of carbonyl (C=O) groups is 1. The van der Waals surface area contributed by atoms with Crippen molar-refractivity contribution >= 4 is 61.6 Å². The first-order chi connectivity index (χ1) is 16.7. The van der Waals surface area contributed by atoms with Gasteiger partial charge >= 0.3 is 0 Å². The van der Waals surface area contributed by atoms with E-state index in [1.165, 1.54) is 9.30 Å². The minimum Gasteiger partial charge on any atom is -0.353 e. The quantitative estimate of drug-likeness (QED) is 0.438. The molecule has 186 valence electrons. The van der Waals surface area contributed by atoms with E-state index in [1.807, 2.05) is 19.1 Å². The fourth-order valence-corrected chi connectivity index (χ4v) is 8.34. The van der Waals surface area contributed by atoms with Crippen molar-refractivity contribution in [2.45, 2.75) is 58.0 Å². The third-order valence-corrected chi connectivity index (χ3v) is 10.2. The Balaban J connectivity index is 1.63.